The van der Waals surface area contributed by atoms with E-state index in [9.17, 15) is 18.0 Å². The van der Waals surface area contributed by atoms with Gasteiger partial charge in [0.1, 0.15) is 0 Å². The van der Waals surface area contributed by atoms with Gasteiger partial charge in [0.2, 0.25) is 0 Å². The second kappa shape index (κ2) is 6.23. The molecule has 7 heteroatoms. The zero-order valence-electron chi connectivity index (χ0n) is 12.5. The summed E-state index contributed by atoms with van der Waals surface area (Å²) in [5.41, 5.74) is 0.857. The van der Waals surface area contributed by atoms with Crippen LogP contribution in [0, 0.1) is 0 Å². The molecule has 0 bridgehead atoms. The molecule has 2 heterocycles. The molecular formula is C18H9F3OS3. The predicted molar refractivity (Wildman–Crippen MR) is 94.8 cm³/mol. The number of Topliss-reactive ketones (excluding diaryl/α,β-unsaturated/α-hetero) is 1. The molecule has 0 saturated carbocycles. The zero-order valence-corrected chi connectivity index (χ0v) is 14.9. The number of carbonyl (C=O) groups is 1. The Hall–Kier alpha value is -1.70. The Kier molecular flexibility index (Phi) is 4.17. The van der Waals surface area contributed by atoms with Crippen LogP contribution in [0.15, 0.2) is 74.2 Å². The van der Waals surface area contributed by atoms with E-state index in [1.807, 2.05) is 42.5 Å². The fraction of sp³-hybridized carbons (Fsp3) is 0.0556. The largest absolute Gasteiger partial charge is 0.455 e. The standard InChI is InChI=1S/C18H9F3OS3/c19-18(20,21)17(22)15-9-8-11(23-15)10-4-3-7-14-16(10)25-13-6-2-1-5-12(13)24-14/h1-9H. The average molecular weight is 394 g/mol. The van der Waals surface area contributed by atoms with Gasteiger partial charge in [0, 0.05) is 30.0 Å². The molecule has 2 aromatic carbocycles. The molecule has 126 valence electrons. The first-order chi connectivity index (χ1) is 11.9. The molecule has 3 aromatic rings. The van der Waals surface area contributed by atoms with E-state index in [-0.39, 0.29) is 4.88 Å². The highest BCUT2D eigenvalue weighted by Crippen LogP contribution is 2.52. The Bertz CT molecular complexity index is 976. The molecule has 0 unspecified atom stereocenters. The smallest absolute Gasteiger partial charge is 0.283 e. The topological polar surface area (TPSA) is 17.1 Å². The van der Waals surface area contributed by atoms with Crippen LogP contribution in [-0.2, 0) is 0 Å². The van der Waals surface area contributed by atoms with E-state index in [0.717, 1.165) is 36.5 Å². The van der Waals surface area contributed by atoms with Gasteiger partial charge in [0.25, 0.3) is 5.78 Å². The van der Waals surface area contributed by atoms with Crippen molar-refractivity contribution in [3.63, 3.8) is 0 Å². The van der Waals surface area contributed by atoms with Crippen molar-refractivity contribution in [3.05, 3.63) is 59.5 Å². The average Bonchev–Trinajstić information content (AvgIpc) is 3.07. The number of fused-ring (bicyclic) bond motifs is 2. The lowest BCUT2D eigenvalue weighted by atomic mass is 10.2. The molecule has 0 radical (unpaired) electrons. The Morgan fingerprint density at radius 3 is 2.20 bits per heavy atom. The van der Waals surface area contributed by atoms with Crippen molar-refractivity contribution < 1.29 is 18.0 Å². The van der Waals surface area contributed by atoms with E-state index in [1.165, 1.54) is 6.07 Å². The van der Waals surface area contributed by atoms with Crippen molar-refractivity contribution in [2.45, 2.75) is 25.8 Å². The summed E-state index contributed by atoms with van der Waals surface area (Å²) in [5.74, 6) is -1.79. The molecule has 0 amide bonds. The van der Waals surface area contributed by atoms with Gasteiger partial charge in [-0.15, -0.1) is 11.3 Å². The minimum absolute atomic E-state index is 0.283. The van der Waals surface area contributed by atoms with E-state index in [4.69, 9.17) is 0 Å². The Morgan fingerprint density at radius 2 is 1.48 bits per heavy atom. The molecule has 0 spiro atoms. The summed E-state index contributed by atoms with van der Waals surface area (Å²) in [4.78, 5) is 16.2. The zero-order chi connectivity index (χ0) is 17.6. The van der Waals surface area contributed by atoms with Gasteiger partial charge in [-0.25, -0.2) is 0 Å². The lowest BCUT2D eigenvalue weighted by Gasteiger charge is -2.20. The van der Waals surface area contributed by atoms with Crippen LogP contribution in [-0.4, -0.2) is 12.0 Å². The van der Waals surface area contributed by atoms with Crippen LogP contribution in [0.3, 0.4) is 0 Å². The van der Waals surface area contributed by atoms with E-state index in [2.05, 4.69) is 0 Å². The van der Waals surface area contributed by atoms with E-state index < -0.39 is 12.0 Å². The fourth-order valence-corrected chi connectivity index (χ4v) is 5.94. The van der Waals surface area contributed by atoms with Crippen molar-refractivity contribution in [1.82, 2.24) is 0 Å². The van der Waals surface area contributed by atoms with Crippen LogP contribution in [0.1, 0.15) is 9.67 Å². The Morgan fingerprint density at radius 1 is 0.800 bits per heavy atom. The molecule has 0 saturated heterocycles. The molecule has 1 aliphatic heterocycles. The highest BCUT2D eigenvalue weighted by atomic mass is 32.2. The first kappa shape index (κ1) is 16.8. The third-order valence-corrected chi connectivity index (χ3v) is 7.34. The summed E-state index contributed by atoms with van der Waals surface area (Å²) in [6.07, 6.45) is -4.85. The first-order valence-electron chi connectivity index (χ1n) is 7.23. The van der Waals surface area contributed by atoms with Crippen molar-refractivity contribution in [2.24, 2.45) is 0 Å². The van der Waals surface area contributed by atoms with Gasteiger partial charge in [0.05, 0.1) is 4.88 Å². The van der Waals surface area contributed by atoms with Crippen LogP contribution in [0.2, 0.25) is 0 Å². The third-order valence-electron chi connectivity index (χ3n) is 3.61. The van der Waals surface area contributed by atoms with Crippen LogP contribution in [0.4, 0.5) is 13.2 Å². The lowest BCUT2D eigenvalue weighted by Crippen LogP contribution is -2.21. The van der Waals surface area contributed by atoms with Gasteiger partial charge in [0.15, 0.2) is 0 Å². The SMILES string of the molecule is O=C(c1ccc(-c2cccc3c2Sc2ccccc2S3)s1)C(F)(F)F. The molecule has 0 aliphatic carbocycles. The molecule has 4 rings (SSSR count). The number of hydrogen-bond acceptors (Lipinski definition) is 4. The first-order valence-corrected chi connectivity index (χ1v) is 9.68. The van der Waals surface area contributed by atoms with Crippen molar-refractivity contribution in [3.8, 4) is 10.4 Å². The number of ketones is 1. The van der Waals surface area contributed by atoms with Crippen LogP contribution < -0.4 is 0 Å². The summed E-state index contributed by atoms with van der Waals surface area (Å²) in [6, 6.07) is 16.6. The molecule has 0 atom stereocenters. The molecule has 1 aromatic heterocycles. The highest BCUT2D eigenvalue weighted by molar-refractivity contribution is 8.05. The Labute approximate surface area is 154 Å². The summed E-state index contributed by atoms with van der Waals surface area (Å²) in [5, 5.41) is 0. The number of hydrogen-bond donors (Lipinski definition) is 0. The normalized spacial score (nSPS) is 13.2. The second-order valence-electron chi connectivity index (χ2n) is 5.27. The van der Waals surface area contributed by atoms with Gasteiger partial charge in [-0.2, -0.15) is 13.2 Å². The molecular weight excluding hydrogens is 385 g/mol. The van der Waals surface area contributed by atoms with Gasteiger partial charge in [-0.05, 0) is 30.3 Å². The maximum atomic E-state index is 12.6. The number of rotatable bonds is 2. The van der Waals surface area contributed by atoms with Crippen LogP contribution in [0.25, 0.3) is 10.4 Å². The van der Waals surface area contributed by atoms with Gasteiger partial charge in [-0.3, -0.25) is 4.79 Å². The highest BCUT2D eigenvalue weighted by Gasteiger charge is 2.40. The summed E-state index contributed by atoms with van der Waals surface area (Å²) in [7, 11) is 0. The van der Waals surface area contributed by atoms with E-state index >= 15 is 0 Å². The fourth-order valence-electron chi connectivity index (χ4n) is 2.49. The predicted octanol–water partition coefficient (Wildman–Crippen LogP) is 6.78. The van der Waals surface area contributed by atoms with E-state index in [1.54, 1.807) is 29.6 Å². The second-order valence-corrected chi connectivity index (χ2v) is 8.49. The van der Waals surface area contributed by atoms with Crippen molar-refractivity contribution in [1.29, 1.82) is 0 Å². The third kappa shape index (κ3) is 3.12. The number of alkyl halides is 3. The van der Waals surface area contributed by atoms with Crippen LogP contribution in [0.5, 0.6) is 0 Å². The maximum absolute atomic E-state index is 12.6. The number of halogens is 3. The molecule has 25 heavy (non-hydrogen) atoms. The number of carbonyl (C=O) groups excluding carboxylic acids is 1. The molecule has 0 fully saturated rings. The molecule has 1 aliphatic rings. The van der Waals surface area contributed by atoms with E-state index in [0.29, 0.717) is 4.88 Å². The monoisotopic (exact) mass is 394 g/mol. The van der Waals surface area contributed by atoms with Crippen LogP contribution >= 0.6 is 34.9 Å². The van der Waals surface area contributed by atoms with Crippen molar-refractivity contribution >= 4 is 40.6 Å². The quantitative estimate of drug-likeness (QED) is 0.349. The minimum atomic E-state index is -4.85. The van der Waals surface area contributed by atoms with Gasteiger partial charge >= 0.3 is 6.18 Å². The summed E-state index contributed by atoms with van der Waals surface area (Å²) >= 11 is 4.13. The number of thiophene rings is 1. The minimum Gasteiger partial charge on any atom is -0.283 e. The van der Waals surface area contributed by atoms with Gasteiger partial charge in [-0.1, -0.05) is 47.8 Å². The summed E-state index contributed by atoms with van der Waals surface area (Å²) in [6.45, 7) is 0. The lowest BCUT2D eigenvalue weighted by molar-refractivity contribution is -0.0882. The summed E-state index contributed by atoms with van der Waals surface area (Å²) < 4.78 is 37.9. The van der Waals surface area contributed by atoms with Crippen molar-refractivity contribution in [2.75, 3.05) is 0 Å². The molecule has 0 N–H and O–H groups in total. The Balaban J connectivity index is 1.75. The number of benzene rings is 2. The molecule has 1 nitrogen and oxygen atoms in total. The maximum Gasteiger partial charge on any atom is 0.455 e. The van der Waals surface area contributed by atoms with Gasteiger partial charge < -0.3 is 0 Å².